The number of aliphatic hydroxyl groups excluding tert-OH is 1. The molecular weight excluding hydrogens is 409 g/mol. The van der Waals surface area contributed by atoms with Gasteiger partial charge in [-0.15, -0.1) is 0 Å². The summed E-state index contributed by atoms with van der Waals surface area (Å²) in [4.78, 5) is 30.5. The van der Waals surface area contributed by atoms with Gasteiger partial charge in [-0.2, -0.15) is 0 Å². The van der Waals surface area contributed by atoms with Crippen LogP contribution in [0.5, 0.6) is 0 Å². The average molecular weight is 438 g/mol. The number of halogens is 2. The van der Waals surface area contributed by atoms with Crippen molar-refractivity contribution in [3.8, 4) is 0 Å². The number of rotatable bonds is 6. The number of amides is 2. The lowest BCUT2D eigenvalue weighted by atomic mass is 10.1. The van der Waals surface area contributed by atoms with Crippen LogP contribution in [0.2, 0.25) is 5.02 Å². The average Bonchev–Trinajstić information content (AvgIpc) is 2.91. The molecule has 164 valence electrons. The third-order valence-electron chi connectivity index (χ3n) is 5.61. The molecule has 0 saturated carbocycles. The predicted octanol–water partition coefficient (Wildman–Crippen LogP) is 2.40. The van der Waals surface area contributed by atoms with Crippen molar-refractivity contribution < 1.29 is 19.1 Å². The van der Waals surface area contributed by atoms with E-state index in [-0.39, 0.29) is 23.3 Å². The van der Waals surface area contributed by atoms with Gasteiger partial charge in [-0.1, -0.05) is 24.1 Å². The van der Waals surface area contributed by atoms with E-state index in [1.165, 1.54) is 24.6 Å². The summed E-state index contributed by atoms with van der Waals surface area (Å²) in [5, 5.41) is 10.4. The van der Waals surface area contributed by atoms with Crippen molar-refractivity contribution in [2.24, 2.45) is 0 Å². The summed E-state index contributed by atoms with van der Waals surface area (Å²) in [5.74, 6) is -0.759. The summed E-state index contributed by atoms with van der Waals surface area (Å²) in [6, 6.07) is 4.25. The number of carbonyl (C=O) groups is 2. The van der Waals surface area contributed by atoms with Gasteiger partial charge in [0.1, 0.15) is 5.82 Å². The number of β-amino-alcohol motifs (C(OH)–C–C–N with tert-alkyl or cyclic N) is 1. The van der Waals surface area contributed by atoms with Crippen LogP contribution >= 0.6 is 11.6 Å². The highest BCUT2D eigenvalue weighted by Gasteiger charge is 2.25. The summed E-state index contributed by atoms with van der Waals surface area (Å²) in [7, 11) is 0. The summed E-state index contributed by atoms with van der Waals surface area (Å²) >= 11 is 5.76. The zero-order chi connectivity index (χ0) is 21.5. The van der Waals surface area contributed by atoms with Gasteiger partial charge in [0.15, 0.2) is 0 Å². The lowest BCUT2D eigenvalue weighted by Crippen LogP contribution is -2.44. The molecule has 2 heterocycles. The van der Waals surface area contributed by atoms with Gasteiger partial charge < -0.3 is 19.8 Å². The van der Waals surface area contributed by atoms with Crippen LogP contribution in [0.15, 0.2) is 24.3 Å². The van der Waals surface area contributed by atoms with E-state index in [0.29, 0.717) is 38.3 Å². The fourth-order valence-electron chi connectivity index (χ4n) is 3.92. The van der Waals surface area contributed by atoms with Gasteiger partial charge in [0.25, 0.3) is 0 Å². The minimum atomic E-state index is -0.586. The van der Waals surface area contributed by atoms with E-state index < -0.39 is 11.9 Å². The fraction of sp³-hybridized carbons (Fsp3) is 0.545. The predicted molar refractivity (Wildman–Crippen MR) is 115 cm³/mol. The van der Waals surface area contributed by atoms with E-state index in [0.717, 1.165) is 25.9 Å². The Balaban J connectivity index is 1.50. The highest BCUT2D eigenvalue weighted by Crippen LogP contribution is 2.17. The zero-order valence-corrected chi connectivity index (χ0v) is 17.9. The minimum Gasteiger partial charge on any atom is -0.390 e. The second-order valence-electron chi connectivity index (χ2n) is 7.94. The van der Waals surface area contributed by atoms with E-state index in [1.54, 1.807) is 21.9 Å². The van der Waals surface area contributed by atoms with Crippen LogP contribution in [0.1, 0.15) is 31.2 Å². The van der Waals surface area contributed by atoms with Crippen LogP contribution in [-0.4, -0.2) is 83.5 Å². The molecule has 2 amide bonds. The Bertz CT molecular complexity index is 783. The standard InChI is InChI=1S/C22H29ClFN3O3/c23-19-14-17(4-6-20(19)24)5-7-21(29)26-11-8-22(30)27(13-12-26)16-18(28)15-25-9-2-1-3-10-25/h4-7,14,18,28H,1-3,8-13,15-16H2/b7-5+/t18-/m0/s1. The molecule has 0 aliphatic carbocycles. The van der Waals surface area contributed by atoms with Crippen molar-refractivity contribution in [3.05, 3.63) is 40.7 Å². The number of hydrogen-bond donors (Lipinski definition) is 1. The second kappa shape index (κ2) is 10.9. The molecular formula is C22H29ClFN3O3. The van der Waals surface area contributed by atoms with Gasteiger partial charge in [0.05, 0.1) is 11.1 Å². The van der Waals surface area contributed by atoms with Crippen LogP contribution < -0.4 is 0 Å². The molecule has 6 nitrogen and oxygen atoms in total. The van der Waals surface area contributed by atoms with E-state index in [4.69, 9.17) is 11.6 Å². The maximum atomic E-state index is 13.2. The summed E-state index contributed by atoms with van der Waals surface area (Å²) < 4.78 is 13.2. The Morgan fingerprint density at radius 1 is 1.13 bits per heavy atom. The fourth-order valence-corrected chi connectivity index (χ4v) is 4.11. The minimum absolute atomic E-state index is 0.00345. The first-order valence-corrected chi connectivity index (χ1v) is 10.9. The molecule has 0 unspecified atom stereocenters. The second-order valence-corrected chi connectivity index (χ2v) is 8.34. The molecule has 0 radical (unpaired) electrons. The summed E-state index contributed by atoms with van der Waals surface area (Å²) in [6.45, 7) is 4.02. The maximum Gasteiger partial charge on any atom is 0.246 e. The van der Waals surface area contributed by atoms with E-state index in [1.807, 2.05) is 0 Å². The van der Waals surface area contributed by atoms with E-state index >= 15 is 0 Å². The van der Waals surface area contributed by atoms with Crippen molar-refractivity contribution >= 4 is 29.5 Å². The molecule has 1 N–H and O–H groups in total. The third kappa shape index (κ3) is 6.52. The lowest BCUT2D eigenvalue weighted by Gasteiger charge is -2.30. The lowest BCUT2D eigenvalue weighted by molar-refractivity contribution is -0.131. The van der Waals surface area contributed by atoms with Crippen LogP contribution in [-0.2, 0) is 9.59 Å². The smallest absolute Gasteiger partial charge is 0.246 e. The molecule has 2 saturated heterocycles. The van der Waals surface area contributed by atoms with Crippen molar-refractivity contribution in [1.82, 2.24) is 14.7 Å². The van der Waals surface area contributed by atoms with Crippen molar-refractivity contribution in [3.63, 3.8) is 0 Å². The van der Waals surface area contributed by atoms with Gasteiger partial charge in [0.2, 0.25) is 11.8 Å². The first kappa shape index (κ1) is 22.7. The molecule has 0 aromatic heterocycles. The Morgan fingerprint density at radius 3 is 2.63 bits per heavy atom. The Labute approximate surface area is 181 Å². The quantitative estimate of drug-likeness (QED) is 0.694. The van der Waals surface area contributed by atoms with Crippen LogP contribution in [0.3, 0.4) is 0 Å². The number of aliphatic hydroxyl groups is 1. The van der Waals surface area contributed by atoms with Crippen LogP contribution in [0.25, 0.3) is 6.08 Å². The number of likely N-dealkylation sites (tertiary alicyclic amines) is 1. The van der Waals surface area contributed by atoms with Crippen molar-refractivity contribution in [2.75, 3.05) is 45.8 Å². The molecule has 1 atom stereocenters. The summed E-state index contributed by atoms with van der Waals surface area (Å²) in [6.07, 6.45) is 6.20. The Kier molecular flexibility index (Phi) is 8.24. The Hall–Kier alpha value is -1.96. The van der Waals surface area contributed by atoms with Gasteiger partial charge in [-0.25, -0.2) is 4.39 Å². The molecule has 1 aromatic rings. The number of hydrogen-bond acceptors (Lipinski definition) is 4. The van der Waals surface area contributed by atoms with E-state index in [9.17, 15) is 19.1 Å². The molecule has 3 rings (SSSR count). The van der Waals surface area contributed by atoms with Gasteiger partial charge in [-0.3, -0.25) is 9.59 Å². The highest BCUT2D eigenvalue weighted by atomic mass is 35.5. The highest BCUT2D eigenvalue weighted by molar-refractivity contribution is 6.30. The zero-order valence-electron chi connectivity index (χ0n) is 17.1. The molecule has 0 bridgehead atoms. The molecule has 2 aliphatic rings. The molecule has 30 heavy (non-hydrogen) atoms. The number of carbonyl (C=O) groups excluding carboxylic acids is 2. The number of nitrogens with zero attached hydrogens (tertiary/aromatic N) is 3. The van der Waals surface area contributed by atoms with Gasteiger partial charge in [0, 0.05) is 45.2 Å². The normalized spacial score (nSPS) is 19.9. The first-order valence-electron chi connectivity index (χ1n) is 10.5. The first-order chi connectivity index (χ1) is 14.4. The Morgan fingerprint density at radius 2 is 1.90 bits per heavy atom. The third-order valence-corrected chi connectivity index (χ3v) is 5.90. The van der Waals surface area contributed by atoms with Gasteiger partial charge >= 0.3 is 0 Å². The van der Waals surface area contributed by atoms with Gasteiger partial charge in [-0.05, 0) is 49.7 Å². The molecule has 2 aliphatic heterocycles. The van der Waals surface area contributed by atoms with Crippen molar-refractivity contribution in [1.29, 1.82) is 0 Å². The van der Waals surface area contributed by atoms with Crippen LogP contribution in [0, 0.1) is 5.82 Å². The molecule has 0 spiro atoms. The topological polar surface area (TPSA) is 64.1 Å². The largest absolute Gasteiger partial charge is 0.390 e. The maximum absolute atomic E-state index is 13.2. The van der Waals surface area contributed by atoms with Crippen LogP contribution in [0.4, 0.5) is 4.39 Å². The molecule has 8 heteroatoms. The number of benzene rings is 1. The van der Waals surface area contributed by atoms with E-state index in [2.05, 4.69) is 4.90 Å². The number of piperidine rings is 1. The molecule has 2 fully saturated rings. The molecule has 1 aromatic carbocycles. The monoisotopic (exact) mass is 437 g/mol. The SMILES string of the molecule is O=C(/C=C/c1ccc(F)c(Cl)c1)N1CCC(=O)N(C[C@@H](O)CN2CCCCC2)CC1. The van der Waals surface area contributed by atoms with Crippen molar-refractivity contribution in [2.45, 2.75) is 31.8 Å². The summed E-state index contributed by atoms with van der Waals surface area (Å²) in [5.41, 5.74) is 0.628.